The van der Waals surface area contributed by atoms with E-state index in [9.17, 15) is 18.0 Å². The second-order valence-corrected chi connectivity index (χ2v) is 9.57. The van der Waals surface area contributed by atoms with Gasteiger partial charge in [-0.05, 0) is 35.9 Å². The van der Waals surface area contributed by atoms with E-state index in [-0.39, 0.29) is 28.2 Å². The Bertz CT molecular complexity index is 1130. The molecule has 0 aromatic heterocycles. The smallest absolute Gasteiger partial charge is 0.338 e. The summed E-state index contributed by atoms with van der Waals surface area (Å²) in [5, 5.41) is 0. The van der Waals surface area contributed by atoms with Crippen LogP contribution in [-0.4, -0.2) is 40.4 Å². The zero-order valence-electron chi connectivity index (χ0n) is 18.0. The van der Waals surface area contributed by atoms with Crippen LogP contribution in [-0.2, 0) is 25.0 Å². The summed E-state index contributed by atoms with van der Waals surface area (Å²) in [6.45, 7) is 5.63. The van der Waals surface area contributed by atoms with Crippen molar-refractivity contribution in [1.29, 1.82) is 0 Å². The van der Waals surface area contributed by atoms with Crippen LogP contribution in [0.3, 0.4) is 0 Å². The standard InChI is InChI=1S/C23H26N2O5S/c1-5-24-31(28,29)18-12-10-16(11-13-18)22(27)30-15-17(26)14-21-23(2,3)19-8-6-7-9-20(19)25(21)4/h6-14,24H,5,15H2,1-4H3/b21-14+. The number of likely N-dealkylation sites (N-methyl/N-ethyl adjacent to an activating group) is 1. The maximum Gasteiger partial charge on any atom is 0.338 e. The van der Waals surface area contributed by atoms with Crippen molar-refractivity contribution in [1.82, 2.24) is 4.72 Å². The van der Waals surface area contributed by atoms with Crippen molar-refractivity contribution >= 4 is 27.5 Å². The zero-order chi connectivity index (χ0) is 22.8. The third-order valence-corrected chi connectivity index (χ3v) is 6.88. The zero-order valence-corrected chi connectivity index (χ0v) is 18.8. The Morgan fingerprint density at radius 3 is 2.35 bits per heavy atom. The number of nitrogens with one attached hydrogen (secondary N) is 1. The molecule has 1 aliphatic heterocycles. The fourth-order valence-corrected chi connectivity index (χ4v) is 4.76. The van der Waals surface area contributed by atoms with Gasteiger partial charge in [0.25, 0.3) is 0 Å². The van der Waals surface area contributed by atoms with E-state index in [1.165, 1.54) is 30.3 Å². The molecule has 8 heteroatoms. The van der Waals surface area contributed by atoms with Gasteiger partial charge in [-0.1, -0.05) is 39.0 Å². The lowest BCUT2D eigenvalue weighted by Gasteiger charge is -2.23. The van der Waals surface area contributed by atoms with Gasteiger partial charge in [-0.3, -0.25) is 4.79 Å². The number of carbonyl (C=O) groups excluding carboxylic acids is 2. The van der Waals surface area contributed by atoms with E-state index in [0.717, 1.165) is 16.9 Å². The Kier molecular flexibility index (Phi) is 6.33. The molecule has 0 fully saturated rings. The summed E-state index contributed by atoms with van der Waals surface area (Å²) in [7, 11) is -1.70. The summed E-state index contributed by atoms with van der Waals surface area (Å²) in [5.74, 6) is -1.02. The van der Waals surface area contributed by atoms with E-state index < -0.39 is 22.6 Å². The lowest BCUT2D eigenvalue weighted by molar-refractivity contribution is -0.117. The van der Waals surface area contributed by atoms with Crippen LogP contribution in [0.4, 0.5) is 5.69 Å². The predicted molar refractivity (Wildman–Crippen MR) is 119 cm³/mol. The number of para-hydroxylation sites is 1. The molecule has 164 valence electrons. The SMILES string of the molecule is CCNS(=O)(=O)c1ccc(C(=O)OCC(=O)/C=C2/N(C)c3ccccc3C2(C)C)cc1. The summed E-state index contributed by atoms with van der Waals surface area (Å²) in [5.41, 5.74) is 2.81. The van der Waals surface area contributed by atoms with Gasteiger partial charge in [0.2, 0.25) is 10.0 Å². The van der Waals surface area contributed by atoms with Crippen LogP contribution in [0.2, 0.25) is 0 Å². The maximum absolute atomic E-state index is 12.5. The van der Waals surface area contributed by atoms with Crippen molar-refractivity contribution in [3.63, 3.8) is 0 Å². The topological polar surface area (TPSA) is 92.8 Å². The minimum Gasteiger partial charge on any atom is -0.454 e. The molecule has 0 aliphatic carbocycles. The second-order valence-electron chi connectivity index (χ2n) is 7.80. The van der Waals surface area contributed by atoms with E-state index in [1.54, 1.807) is 6.92 Å². The molecule has 0 bridgehead atoms. The van der Waals surface area contributed by atoms with Gasteiger partial charge in [-0.25, -0.2) is 17.9 Å². The minimum absolute atomic E-state index is 0.0535. The van der Waals surface area contributed by atoms with E-state index in [2.05, 4.69) is 4.72 Å². The quantitative estimate of drug-likeness (QED) is 0.523. The van der Waals surface area contributed by atoms with Crippen LogP contribution >= 0.6 is 0 Å². The van der Waals surface area contributed by atoms with Gasteiger partial charge in [-0.15, -0.1) is 0 Å². The number of anilines is 1. The molecule has 2 aromatic carbocycles. The number of rotatable bonds is 7. The highest BCUT2D eigenvalue weighted by Crippen LogP contribution is 2.46. The highest BCUT2D eigenvalue weighted by Gasteiger charge is 2.38. The monoisotopic (exact) mass is 442 g/mol. The van der Waals surface area contributed by atoms with Gasteiger partial charge < -0.3 is 9.64 Å². The fourth-order valence-electron chi connectivity index (χ4n) is 3.72. The molecule has 0 saturated heterocycles. The Balaban J connectivity index is 1.67. The first kappa shape index (κ1) is 22.7. The number of ether oxygens (including phenoxy) is 1. The molecule has 1 heterocycles. The molecule has 0 unspecified atom stereocenters. The van der Waals surface area contributed by atoms with E-state index >= 15 is 0 Å². The molecule has 1 N–H and O–H groups in total. The Hall–Kier alpha value is -2.97. The molecule has 31 heavy (non-hydrogen) atoms. The summed E-state index contributed by atoms with van der Waals surface area (Å²) in [6.07, 6.45) is 1.51. The molecule has 0 amide bonds. The molecule has 7 nitrogen and oxygen atoms in total. The highest BCUT2D eigenvalue weighted by atomic mass is 32.2. The molecular weight excluding hydrogens is 416 g/mol. The number of carbonyl (C=O) groups is 2. The Labute approximate surface area is 182 Å². The first-order chi connectivity index (χ1) is 14.6. The number of esters is 1. The minimum atomic E-state index is -3.60. The Morgan fingerprint density at radius 1 is 1.10 bits per heavy atom. The number of ketones is 1. The van der Waals surface area contributed by atoms with E-state index in [0.29, 0.717) is 0 Å². The normalized spacial score (nSPS) is 16.3. The molecule has 0 atom stereocenters. The van der Waals surface area contributed by atoms with Gasteiger partial charge in [-0.2, -0.15) is 0 Å². The number of fused-ring (bicyclic) bond motifs is 1. The van der Waals surface area contributed by atoms with Crippen molar-refractivity contribution < 1.29 is 22.7 Å². The molecule has 0 spiro atoms. The first-order valence-electron chi connectivity index (χ1n) is 9.93. The molecule has 1 aliphatic rings. The number of benzene rings is 2. The average molecular weight is 443 g/mol. The number of hydrogen-bond acceptors (Lipinski definition) is 6. The molecular formula is C23H26N2O5S. The largest absolute Gasteiger partial charge is 0.454 e. The highest BCUT2D eigenvalue weighted by molar-refractivity contribution is 7.89. The van der Waals surface area contributed by atoms with Gasteiger partial charge in [0, 0.05) is 36.5 Å². The second kappa shape index (κ2) is 8.64. The number of hydrogen-bond donors (Lipinski definition) is 1. The summed E-state index contributed by atoms with van der Waals surface area (Å²) < 4.78 is 31.5. The van der Waals surface area contributed by atoms with Crippen molar-refractivity contribution in [2.45, 2.75) is 31.1 Å². The lowest BCUT2D eigenvalue weighted by Crippen LogP contribution is -2.25. The maximum atomic E-state index is 12.5. The number of allylic oxidation sites excluding steroid dienone is 1. The summed E-state index contributed by atoms with van der Waals surface area (Å²) in [4.78, 5) is 26.8. The van der Waals surface area contributed by atoms with Crippen LogP contribution in [0.25, 0.3) is 0 Å². The molecule has 0 radical (unpaired) electrons. The molecule has 3 rings (SSSR count). The van der Waals surface area contributed by atoms with Crippen LogP contribution in [0.5, 0.6) is 0 Å². The van der Waals surface area contributed by atoms with Crippen molar-refractivity contribution in [2.75, 3.05) is 25.1 Å². The van der Waals surface area contributed by atoms with Crippen molar-refractivity contribution in [2.24, 2.45) is 0 Å². The molecule has 0 saturated carbocycles. The van der Waals surface area contributed by atoms with Crippen LogP contribution < -0.4 is 9.62 Å². The van der Waals surface area contributed by atoms with Crippen LogP contribution in [0, 0.1) is 0 Å². The summed E-state index contributed by atoms with van der Waals surface area (Å²) in [6, 6.07) is 13.3. The Morgan fingerprint density at radius 2 is 1.74 bits per heavy atom. The summed E-state index contributed by atoms with van der Waals surface area (Å²) >= 11 is 0. The molecule has 2 aromatic rings. The number of nitrogens with zero attached hydrogens (tertiary/aromatic N) is 1. The van der Waals surface area contributed by atoms with Gasteiger partial charge in [0.15, 0.2) is 12.4 Å². The average Bonchev–Trinajstić information content (AvgIpc) is 2.93. The van der Waals surface area contributed by atoms with Crippen molar-refractivity contribution in [3.05, 3.63) is 71.4 Å². The third kappa shape index (κ3) is 4.55. The van der Waals surface area contributed by atoms with Crippen molar-refractivity contribution in [3.8, 4) is 0 Å². The fraction of sp³-hybridized carbons (Fsp3) is 0.304. The number of sulfonamides is 1. The first-order valence-corrected chi connectivity index (χ1v) is 11.4. The van der Waals surface area contributed by atoms with E-state index in [4.69, 9.17) is 4.74 Å². The lowest BCUT2D eigenvalue weighted by atomic mass is 9.83. The van der Waals surface area contributed by atoms with Gasteiger partial charge >= 0.3 is 5.97 Å². The predicted octanol–water partition coefficient (Wildman–Crippen LogP) is 3.02. The van der Waals surface area contributed by atoms with Crippen LogP contribution in [0.15, 0.2) is 65.2 Å². The van der Waals surface area contributed by atoms with Gasteiger partial charge in [0.1, 0.15) is 0 Å². The van der Waals surface area contributed by atoms with Crippen LogP contribution in [0.1, 0.15) is 36.7 Å². The van der Waals surface area contributed by atoms with E-state index in [1.807, 2.05) is 50.1 Å². The third-order valence-electron chi connectivity index (χ3n) is 5.32. The van der Waals surface area contributed by atoms with Gasteiger partial charge in [0.05, 0.1) is 10.5 Å².